The van der Waals surface area contributed by atoms with Crippen molar-refractivity contribution in [1.29, 1.82) is 0 Å². The first-order valence-electron chi connectivity index (χ1n) is 8.34. The highest BCUT2D eigenvalue weighted by Gasteiger charge is 2.18. The van der Waals surface area contributed by atoms with E-state index in [1.807, 2.05) is 33.9 Å². The first kappa shape index (κ1) is 21.0. The van der Waals surface area contributed by atoms with Gasteiger partial charge in [0.1, 0.15) is 17.5 Å². The highest BCUT2D eigenvalue weighted by Crippen LogP contribution is 2.23. The number of hydrazone groups is 1. The molecule has 0 aliphatic carbocycles. The van der Waals surface area contributed by atoms with Gasteiger partial charge < -0.3 is 5.32 Å². The van der Waals surface area contributed by atoms with Crippen LogP contribution in [0.2, 0.25) is 0 Å². The lowest BCUT2D eigenvalue weighted by atomic mass is 10.1. The lowest BCUT2D eigenvalue weighted by Crippen LogP contribution is -2.23. The second kappa shape index (κ2) is 10.7. The number of rotatable bonds is 9. The zero-order valence-electron chi connectivity index (χ0n) is 15.2. The van der Waals surface area contributed by atoms with Crippen molar-refractivity contribution in [3.05, 3.63) is 58.6 Å². The van der Waals surface area contributed by atoms with Crippen LogP contribution in [-0.2, 0) is 6.54 Å². The van der Waals surface area contributed by atoms with Gasteiger partial charge in [0.15, 0.2) is 0 Å². The molecule has 0 unspecified atom stereocenters. The van der Waals surface area contributed by atoms with Gasteiger partial charge in [0.25, 0.3) is 0 Å². The van der Waals surface area contributed by atoms with Crippen LogP contribution >= 0.6 is 0 Å². The predicted molar refractivity (Wildman–Crippen MR) is 96.7 cm³/mol. The van der Waals surface area contributed by atoms with E-state index in [4.69, 9.17) is 0 Å². The first-order valence-corrected chi connectivity index (χ1v) is 8.34. The molecule has 138 valence electrons. The summed E-state index contributed by atoms with van der Waals surface area (Å²) in [6.45, 7) is 6.44. The van der Waals surface area contributed by atoms with E-state index in [-0.39, 0.29) is 12.1 Å². The lowest BCUT2D eigenvalue weighted by molar-refractivity contribution is 0.324. The molecule has 1 N–H and O–H groups in total. The van der Waals surface area contributed by atoms with Crippen molar-refractivity contribution in [1.82, 2.24) is 10.3 Å². The van der Waals surface area contributed by atoms with Gasteiger partial charge in [-0.1, -0.05) is 18.6 Å². The van der Waals surface area contributed by atoms with Crippen molar-refractivity contribution in [3.63, 3.8) is 0 Å². The van der Waals surface area contributed by atoms with Crippen molar-refractivity contribution in [2.24, 2.45) is 5.10 Å². The first-order chi connectivity index (χ1) is 11.9. The van der Waals surface area contributed by atoms with Crippen LogP contribution in [-0.4, -0.2) is 24.8 Å². The molecular weight excluding hydrogens is 327 g/mol. The van der Waals surface area contributed by atoms with E-state index in [1.54, 1.807) is 17.3 Å². The maximum absolute atomic E-state index is 14.1. The van der Waals surface area contributed by atoms with Crippen molar-refractivity contribution in [2.45, 2.75) is 40.2 Å². The molecule has 0 amide bonds. The van der Waals surface area contributed by atoms with E-state index < -0.39 is 17.5 Å². The summed E-state index contributed by atoms with van der Waals surface area (Å²) in [7, 11) is 1.84. The third-order valence-corrected chi connectivity index (χ3v) is 3.84. The fourth-order valence-electron chi connectivity index (χ4n) is 2.29. The minimum Gasteiger partial charge on any atom is -0.319 e. The molecule has 0 bridgehead atoms. The van der Waals surface area contributed by atoms with Crippen molar-refractivity contribution >= 4 is 6.21 Å². The molecule has 0 aromatic heterocycles. The normalized spacial score (nSPS) is 12.9. The summed E-state index contributed by atoms with van der Waals surface area (Å²) in [5, 5.41) is 8.99. The Hall–Kier alpha value is -2.08. The molecular formula is C19H26F3N3. The Morgan fingerprint density at radius 2 is 1.88 bits per heavy atom. The van der Waals surface area contributed by atoms with Crippen LogP contribution < -0.4 is 5.32 Å². The summed E-state index contributed by atoms with van der Waals surface area (Å²) in [4.78, 5) is 0. The fourth-order valence-corrected chi connectivity index (χ4v) is 2.29. The van der Waals surface area contributed by atoms with Crippen molar-refractivity contribution < 1.29 is 13.2 Å². The Morgan fingerprint density at radius 3 is 2.40 bits per heavy atom. The molecule has 0 heterocycles. The van der Waals surface area contributed by atoms with Gasteiger partial charge in [0.2, 0.25) is 0 Å². The van der Waals surface area contributed by atoms with Crippen molar-refractivity contribution in [3.8, 4) is 0 Å². The summed E-state index contributed by atoms with van der Waals surface area (Å²) in [6.07, 6.45) is 6.57. The van der Waals surface area contributed by atoms with E-state index in [1.165, 1.54) is 0 Å². The summed E-state index contributed by atoms with van der Waals surface area (Å²) < 4.78 is 41.3. The molecule has 0 spiro atoms. The topological polar surface area (TPSA) is 27.6 Å². The number of hydrogen-bond acceptors (Lipinski definition) is 3. The summed E-state index contributed by atoms with van der Waals surface area (Å²) in [5.74, 6) is -2.75. The van der Waals surface area contributed by atoms with Crippen LogP contribution in [0.3, 0.4) is 0 Å². The van der Waals surface area contributed by atoms with Crippen LogP contribution in [0.15, 0.2) is 40.7 Å². The fraction of sp³-hybridized carbons (Fsp3) is 0.421. The SMILES string of the molecule is C/C=C/C=N/N(Cc1c(F)cc(F)cc1F)/C(CCNC)=C(\C)CC. The maximum Gasteiger partial charge on any atom is 0.134 e. The van der Waals surface area contributed by atoms with Gasteiger partial charge in [-0.15, -0.1) is 0 Å². The number of nitrogens with one attached hydrogen (secondary N) is 1. The van der Waals surface area contributed by atoms with Crippen LogP contribution in [0.1, 0.15) is 39.2 Å². The Balaban J connectivity index is 3.28. The number of hydrogen-bond donors (Lipinski definition) is 1. The number of allylic oxidation sites excluding steroid dienone is 3. The minimum absolute atomic E-state index is 0.109. The number of benzene rings is 1. The molecule has 25 heavy (non-hydrogen) atoms. The van der Waals surface area contributed by atoms with E-state index in [9.17, 15) is 13.2 Å². The smallest absolute Gasteiger partial charge is 0.134 e. The van der Waals surface area contributed by atoms with Crippen LogP contribution in [0.4, 0.5) is 13.2 Å². The highest BCUT2D eigenvalue weighted by atomic mass is 19.1. The maximum atomic E-state index is 14.1. The van der Waals surface area contributed by atoms with Crippen LogP contribution in [0, 0.1) is 17.5 Å². The molecule has 1 aromatic rings. The molecule has 0 saturated carbocycles. The van der Waals surface area contributed by atoms with E-state index in [0.717, 1.165) is 17.7 Å². The molecule has 0 fully saturated rings. The largest absolute Gasteiger partial charge is 0.319 e. The highest BCUT2D eigenvalue weighted by molar-refractivity contribution is 5.70. The zero-order valence-corrected chi connectivity index (χ0v) is 15.2. The predicted octanol–water partition coefficient (Wildman–Crippen LogP) is 4.76. The van der Waals surface area contributed by atoms with E-state index in [2.05, 4.69) is 10.4 Å². The summed E-state index contributed by atoms with van der Waals surface area (Å²) >= 11 is 0. The molecule has 0 saturated heterocycles. The second-order valence-corrected chi connectivity index (χ2v) is 5.63. The third kappa shape index (κ3) is 6.38. The van der Waals surface area contributed by atoms with Crippen LogP contribution in [0.5, 0.6) is 0 Å². The molecule has 1 aromatic carbocycles. The average molecular weight is 353 g/mol. The molecule has 0 atom stereocenters. The van der Waals surface area contributed by atoms with Gasteiger partial charge in [0, 0.05) is 42.6 Å². The Morgan fingerprint density at radius 1 is 1.24 bits per heavy atom. The Kier molecular flexibility index (Phi) is 8.99. The monoisotopic (exact) mass is 353 g/mol. The van der Waals surface area contributed by atoms with Gasteiger partial charge in [-0.05, 0) is 33.4 Å². The Bertz CT molecular complexity index is 628. The molecule has 1 rings (SSSR count). The number of nitrogens with zero attached hydrogens (tertiary/aromatic N) is 2. The van der Waals surface area contributed by atoms with Gasteiger partial charge >= 0.3 is 0 Å². The van der Waals surface area contributed by atoms with E-state index >= 15 is 0 Å². The van der Waals surface area contributed by atoms with Gasteiger partial charge in [-0.2, -0.15) is 5.10 Å². The molecule has 6 heteroatoms. The third-order valence-electron chi connectivity index (χ3n) is 3.84. The minimum atomic E-state index is -0.932. The van der Waals surface area contributed by atoms with Crippen LogP contribution in [0.25, 0.3) is 0 Å². The van der Waals surface area contributed by atoms with Gasteiger partial charge in [0.05, 0.1) is 6.54 Å². The quantitative estimate of drug-likeness (QED) is 0.512. The summed E-state index contributed by atoms with van der Waals surface area (Å²) in [5.41, 5.74) is 1.77. The average Bonchev–Trinajstić information content (AvgIpc) is 2.57. The second-order valence-electron chi connectivity index (χ2n) is 5.63. The molecule has 0 aliphatic heterocycles. The zero-order chi connectivity index (χ0) is 18.8. The van der Waals surface area contributed by atoms with Gasteiger partial charge in [-0.25, -0.2) is 13.2 Å². The molecule has 0 radical (unpaired) electrons. The lowest BCUT2D eigenvalue weighted by Gasteiger charge is -2.25. The van der Waals surface area contributed by atoms with Gasteiger partial charge in [-0.3, -0.25) is 5.01 Å². The van der Waals surface area contributed by atoms with Crippen molar-refractivity contribution in [2.75, 3.05) is 13.6 Å². The molecule has 3 nitrogen and oxygen atoms in total. The number of halogens is 3. The van der Waals surface area contributed by atoms with E-state index in [0.29, 0.717) is 25.1 Å². The standard InChI is InChI=1S/C19H26F3N3/c1-5-7-9-24-25(19(8-10-23-4)14(3)6-2)13-16-17(21)11-15(20)12-18(16)22/h5,7,9,11-12,23H,6,8,10,13H2,1-4H3/b7-5+,19-14+,24-9+. The molecule has 0 aliphatic rings. The summed E-state index contributed by atoms with van der Waals surface area (Å²) in [6, 6.07) is 1.38. The Labute approximate surface area is 147 Å².